The van der Waals surface area contributed by atoms with Gasteiger partial charge in [0, 0.05) is 10.0 Å². The van der Waals surface area contributed by atoms with E-state index in [0.717, 1.165) is 10.0 Å². The molecule has 0 aliphatic rings. The predicted molar refractivity (Wildman–Crippen MR) is 69.9 cm³/mol. The molecule has 17 heavy (non-hydrogen) atoms. The predicted octanol–water partition coefficient (Wildman–Crippen LogP) is 3.05. The molecule has 1 heterocycles. The summed E-state index contributed by atoms with van der Waals surface area (Å²) in [7, 11) is 0. The van der Waals surface area contributed by atoms with Gasteiger partial charge in [0.2, 0.25) is 5.88 Å². The zero-order valence-corrected chi connectivity index (χ0v) is 11.1. The highest BCUT2D eigenvalue weighted by atomic mass is 79.9. The second-order valence-corrected chi connectivity index (χ2v) is 4.48. The Bertz CT molecular complexity index is 536. The third kappa shape index (κ3) is 2.87. The topological polar surface area (TPSA) is 61.0 Å². The van der Waals surface area contributed by atoms with E-state index >= 15 is 0 Å². The summed E-state index contributed by atoms with van der Waals surface area (Å²) in [6, 6.07) is 7.75. The first kappa shape index (κ1) is 12.1. The number of hydrogen-bond donors (Lipinski definition) is 1. The van der Waals surface area contributed by atoms with Crippen molar-refractivity contribution in [3.8, 4) is 5.88 Å². The van der Waals surface area contributed by atoms with Crippen LogP contribution < -0.4 is 10.5 Å². The molecule has 88 valence electrons. The van der Waals surface area contributed by atoms with Crippen LogP contribution in [0.1, 0.15) is 5.56 Å². The van der Waals surface area contributed by atoms with Crippen molar-refractivity contribution in [1.82, 2.24) is 9.97 Å². The highest BCUT2D eigenvalue weighted by molar-refractivity contribution is 9.10. The van der Waals surface area contributed by atoms with Gasteiger partial charge in [-0.05, 0) is 6.07 Å². The Labute approximate surface area is 112 Å². The normalized spacial score (nSPS) is 10.2. The van der Waals surface area contributed by atoms with Crippen LogP contribution in [0.4, 0.5) is 5.69 Å². The van der Waals surface area contributed by atoms with Crippen LogP contribution in [0.3, 0.4) is 0 Å². The maximum Gasteiger partial charge on any atom is 0.242 e. The first-order valence-corrected chi connectivity index (χ1v) is 5.97. The Kier molecular flexibility index (Phi) is 3.81. The van der Waals surface area contributed by atoms with Crippen LogP contribution >= 0.6 is 27.5 Å². The smallest absolute Gasteiger partial charge is 0.242 e. The third-order valence-corrected chi connectivity index (χ3v) is 3.20. The van der Waals surface area contributed by atoms with Gasteiger partial charge in [0.1, 0.15) is 18.6 Å². The average molecular weight is 315 g/mol. The van der Waals surface area contributed by atoms with Gasteiger partial charge in [0.25, 0.3) is 0 Å². The number of benzene rings is 1. The van der Waals surface area contributed by atoms with E-state index in [2.05, 4.69) is 25.9 Å². The van der Waals surface area contributed by atoms with E-state index in [0.29, 0.717) is 12.5 Å². The number of nitrogens with zero attached hydrogens (tertiary/aromatic N) is 2. The van der Waals surface area contributed by atoms with Crippen molar-refractivity contribution >= 4 is 33.2 Å². The molecular formula is C11H9BrClN3O. The average Bonchev–Trinajstić information content (AvgIpc) is 2.33. The summed E-state index contributed by atoms with van der Waals surface area (Å²) in [5.41, 5.74) is 6.94. The molecule has 0 unspecified atom stereocenters. The number of nitrogen functional groups attached to an aromatic ring is 1. The van der Waals surface area contributed by atoms with Crippen molar-refractivity contribution in [1.29, 1.82) is 0 Å². The van der Waals surface area contributed by atoms with E-state index in [-0.39, 0.29) is 10.8 Å². The maximum absolute atomic E-state index is 5.76. The number of nitrogens with two attached hydrogens (primary N) is 1. The highest BCUT2D eigenvalue weighted by Gasteiger charge is 2.08. The molecule has 0 radical (unpaired) electrons. The second-order valence-electron chi connectivity index (χ2n) is 3.26. The Hall–Kier alpha value is -1.33. The number of anilines is 1. The van der Waals surface area contributed by atoms with E-state index in [1.54, 1.807) is 0 Å². The third-order valence-electron chi connectivity index (χ3n) is 2.12. The molecule has 4 nitrogen and oxygen atoms in total. The molecule has 0 saturated carbocycles. The minimum absolute atomic E-state index is 0.196. The van der Waals surface area contributed by atoms with E-state index in [9.17, 15) is 0 Å². The maximum atomic E-state index is 5.76. The molecule has 2 N–H and O–H groups in total. The van der Waals surface area contributed by atoms with Crippen molar-refractivity contribution < 1.29 is 4.74 Å². The fraction of sp³-hybridized carbons (Fsp3) is 0.0909. The van der Waals surface area contributed by atoms with Crippen LogP contribution in [0.2, 0.25) is 5.15 Å². The number of ether oxygens (including phenoxy) is 1. The van der Waals surface area contributed by atoms with Gasteiger partial charge in [-0.1, -0.05) is 45.7 Å². The molecular weight excluding hydrogens is 305 g/mol. The standard InChI is InChI=1S/C11H9BrClN3O/c12-8-4-2-1-3-7(8)5-17-11-9(14)10(13)15-6-16-11/h1-4,6H,5,14H2. The fourth-order valence-electron chi connectivity index (χ4n) is 1.24. The number of rotatable bonds is 3. The van der Waals surface area contributed by atoms with Gasteiger partial charge in [-0.15, -0.1) is 0 Å². The largest absolute Gasteiger partial charge is 0.471 e. The van der Waals surface area contributed by atoms with Gasteiger partial charge in [-0.3, -0.25) is 0 Å². The lowest BCUT2D eigenvalue weighted by Crippen LogP contribution is -2.02. The van der Waals surface area contributed by atoms with E-state index in [4.69, 9.17) is 22.1 Å². The molecule has 0 aliphatic heterocycles. The number of halogens is 2. The van der Waals surface area contributed by atoms with Crippen LogP contribution in [0, 0.1) is 0 Å². The Morgan fingerprint density at radius 1 is 1.29 bits per heavy atom. The second kappa shape index (κ2) is 5.33. The lowest BCUT2D eigenvalue weighted by molar-refractivity contribution is 0.294. The highest BCUT2D eigenvalue weighted by Crippen LogP contribution is 2.25. The molecule has 2 aromatic rings. The lowest BCUT2D eigenvalue weighted by Gasteiger charge is -2.08. The first-order chi connectivity index (χ1) is 8.18. The summed E-state index contributed by atoms with van der Waals surface area (Å²) < 4.78 is 6.46. The molecule has 0 bridgehead atoms. The van der Waals surface area contributed by atoms with Crippen LogP contribution in [0.25, 0.3) is 0 Å². The fourth-order valence-corrected chi connectivity index (χ4v) is 1.76. The lowest BCUT2D eigenvalue weighted by atomic mass is 10.2. The van der Waals surface area contributed by atoms with E-state index < -0.39 is 0 Å². The van der Waals surface area contributed by atoms with Gasteiger partial charge in [0.15, 0.2) is 5.15 Å². The quantitative estimate of drug-likeness (QED) is 0.885. The molecule has 1 aromatic carbocycles. The number of aromatic nitrogens is 2. The van der Waals surface area contributed by atoms with Gasteiger partial charge < -0.3 is 10.5 Å². The van der Waals surface area contributed by atoms with Crippen LogP contribution in [-0.2, 0) is 6.61 Å². The zero-order valence-electron chi connectivity index (χ0n) is 8.73. The van der Waals surface area contributed by atoms with Crippen LogP contribution in [0.5, 0.6) is 5.88 Å². The van der Waals surface area contributed by atoms with Gasteiger partial charge in [0.05, 0.1) is 0 Å². The molecule has 0 aliphatic carbocycles. The molecule has 2 rings (SSSR count). The SMILES string of the molecule is Nc1c(Cl)ncnc1OCc1ccccc1Br. The molecule has 6 heteroatoms. The van der Waals surface area contributed by atoms with E-state index in [1.807, 2.05) is 24.3 Å². The van der Waals surface area contributed by atoms with Gasteiger partial charge in [-0.2, -0.15) is 4.98 Å². The summed E-state index contributed by atoms with van der Waals surface area (Å²) in [6.07, 6.45) is 1.31. The van der Waals surface area contributed by atoms with Crippen LogP contribution in [0.15, 0.2) is 35.1 Å². The first-order valence-electron chi connectivity index (χ1n) is 4.80. The zero-order chi connectivity index (χ0) is 12.3. The molecule has 0 saturated heterocycles. The Morgan fingerprint density at radius 3 is 2.82 bits per heavy atom. The van der Waals surface area contributed by atoms with Gasteiger partial charge >= 0.3 is 0 Å². The summed E-state index contributed by atoms with van der Waals surface area (Å²) in [5, 5.41) is 0.196. The molecule has 0 amide bonds. The summed E-state index contributed by atoms with van der Waals surface area (Å²) in [5.74, 6) is 0.292. The van der Waals surface area contributed by atoms with Crippen molar-refractivity contribution in [3.05, 3.63) is 45.8 Å². The van der Waals surface area contributed by atoms with Crippen molar-refractivity contribution in [2.45, 2.75) is 6.61 Å². The Balaban J connectivity index is 2.13. The van der Waals surface area contributed by atoms with Crippen LogP contribution in [-0.4, -0.2) is 9.97 Å². The molecule has 0 spiro atoms. The summed E-state index contributed by atoms with van der Waals surface area (Å²) in [4.78, 5) is 7.68. The summed E-state index contributed by atoms with van der Waals surface area (Å²) in [6.45, 7) is 0.360. The van der Waals surface area contributed by atoms with Gasteiger partial charge in [-0.25, -0.2) is 4.98 Å². The minimum Gasteiger partial charge on any atom is -0.471 e. The molecule has 1 aromatic heterocycles. The molecule has 0 fully saturated rings. The van der Waals surface area contributed by atoms with E-state index in [1.165, 1.54) is 6.33 Å². The monoisotopic (exact) mass is 313 g/mol. The van der Waals surface area contributed by atoms with Crippen molar-refractivity contribution in [2.75, 3.05) is 5.73 Å². The minimum atomic E-state index is 0.196. The van der Waals surface area contributed by atoms with Crippen molar-refractivity contribution in [3.63, 3.8) is 0 Å². The Morgan fingerprint density at radius 2 is 2.06 bits per heavy atom. The van der Waals surface area contributed by atoms with Crippen molar-refractivity contribution in [2.24, 2.45) is 0 Å². The number of hydrogen-bond acceptors (Lipinski definition) is 4. The molecule has 0 atom stereocenters. The summed E-state index contributed by atoms with van der Waals surface area (Å²) >= 11 is 9.19.